The van der Waals surface area contributed by atoms with E-state index in [0.717, 1.165) is 31.3 Å². The van der Waals surface area contributed by atoms with E-state index in [9.17, 15) is 30.0 Å². The number of aliphatic hydroxyl groups is 4. The maximum absolute atomic E-state index is 12.9. The molecule has 5 aliphatic carbocycles. The van der Waals surface area contributed by atoms with Gasteiger partial charge in [0, 0.05) is 17.3 Å². The summed E-state index contributed by atoms with van der Waals surface area (Å²) in [5.41, 5.74) is -2.67. The molecule has 4 fully saturated rings. The lowest BCUT2D eigenvalue weighted by atomic mass is 9.31. The van der Waals surface area contributed by atoms with E-state index < -0.39 is 46.4 Å². The molecule has 0 aromatic heterocycles. The summed E-state index contributed by atoms with van der Waals surface area (Å²) in [6.45, 7) is 10.1. The molecule has 5 aliphatic rings. The Balaban J connectivity index is 1.69. The second-order valence-electron chi connectivity index (χ2n) is 14.5. The zero-order chi connectivity index (χ0) is 27.2. The van der Waals surface area contributed by atoms with Gasteiger partial charge in [-0.05, 0) is 98.4 Å². The van der Waals surface area contributed by atoms with Gasteiger partial charge >= 0.3 is 0 Å². The topological polar surface area (TPSA) is 115 Å². The van der Waals surface area contributed by atoms with Crippen LogP contribution in [0.5, 0.6) is 0 Å². The zero-order valence-electron chi connectivity index (χ0n) is 23.4. The number of ketones is 2. The van der Waals surface area contributed by atoms with Crippen LogP contribution in [0, 0.1) is 45.3 Å². The van der Waals surface area contributed by atoms with Gasteiger partial charge in [-0.25, -0.2) is 0 Å². The van der Waals surface area contributed by atoms with E-state index in [2.05, 4.69) is 27.7 Å². The molecule has 37 heavy (non-hydrogen) atoms. The van der Waals surface area contributed by atoms with Crippen LogP contribution in [0.25, 0.3) is 0 Å². The van der Waals surface area contributed by atoms with Gasteiger partial charge in [0.15, 0.2) is 11.6 Å². The van der Waals surface area contributed by atoms with Crippen molar-refractivity contribution in [3.8, 4) is 0 Å². The average Bonchev–Trinajstić information content (AvgIpc) is 3.09. The molecule has 0 aliphatic heterocycles. The number of fused-ring (bicyclic) bond motifs is 5. The van der Waals surface area contributed by atoms with Crippen molar-refractivity contribution in [1.82, 2.24) is 0 Å². The molecule has 0 unspecified atom stereocenters. The molecular formula is C31H48O6. The van der Waals surface area contributed by atoms with Crippen LogP contribution in [0.15, 0.2) is 11.6 Å². The molecule has 4 saturated carbocycles. The maximum atomic E-state index is 12.9. The molecule has 5 rings (SSSR count). The second kappa shape index (κ2) is 8.71. The Morgan fingerprint density at radius 1 is 1.00 bits per heavy atom. The van der Waals surface area contributed by atoms with Crippen LogP contribution < -0.4 is 0 Å². The minimum Gasteiger partial charge on any atom is -0.393 e. The minimum atomic E-state index is -1.64. The molecule has 0 spiro atoms. The summed E-state index contributed by atoms with van der Waals surface area (Å²) < 4.78 is 0. The molecule has 10 atom stereocenters. The minimum absolute atomic E-state index is 0.0178. The Morgan fingerprint density at radius 2 is 1.70 bits per heavy atom. The lowest BCUT2D eigenvalue weighted by molar-refractivity contribution is -0.277. The molecule has 0 bridgehead atoms. The van der Waals surface area contributed by atoms with Gasteiger partial charge in [-0.15, -0.1) is 0 Å². The third-order valence-corrected chi connectivity index (χ3v) is 13.0. The highest BCUT2D eigenvalue weighted by atomic mass is 16.3. The summed E-state index contributed by atoms with van der Waals surface area (Å²) in [6.07, 6.45) is 7.02. The van der Waals surface area contributed by atoms with Gasteiger partial charge in [0.25, 0.3) is 0 Å². The van der Waals surface area contributed by atoms with Crippen LogP contribution in [0.2, 0.25) is 0 Å². The highest BCUT2D eigenvalue weighted by Gasteiger charge is 2.77. The van der Waals surface area contributed by atoms with Gasteiger partial charge in [0.1, 0.15) is 12.2 Å². The van der Waals surface area contributed by atoms with Crippen molar-refractivity contribution in [3.05, 3.63) is 11.6 Å². The van der Waals surface area contributed by atoms with Crippen molar-refractivity contribution in [2.45, 2.75) is 117 Å². The predicted molar refractivity (Wildman–Crippen MR) is 140 cm³/mol. The first-order valence-electron chi connectivity index (χ1n) is 14.7. The first-order chi connectivity index (χ1) is 17.2. The van der Waals surface area contributed by atoms with Crippen molar-refractivity contribution in [3.63, 3.8) is 0 Å². The largest absolute Gasteiger partial charge is 0.393 e. The van der Waals surface area contributed by atoms with E-state index in [0.29, 0.717) is 38.0 Å². The Labute approximate surface area is 221 Å². The van der Waals surface area contributed by atoms with Crippen LogP contribution in [0.4, 0.5) is 0 Å². The normalized spacial score (nSPS) is 51.8. The van der Waals surface area contributed by atoms with Crippen LogP contribution in [0.1, 0.15) is 98.8 Å². The molecule has 208 valence electrons. The first kappa shape index (κ1) is 27.5. The van der Waals surface area contributed by atoms with E-state index in [4.69, 9.17) is 0 Å². The van der Waals surface area contributed by atoms with Crippen molar-refractivity contribution < 1.29 is 30.0 Å². The van der Waals surface area contributed by atoms with Gasteiger partial charge < -0.3 is 20.4 Å². The van der Waals surface area contributed by atoms with E-state index in [1.165, 1.54) is 0 Å². The van der Waals surface area contributed by atoms with Gasteiger partial charge in [0.2, 0.25) is 0 Å². The fraction of sp³-hybridized carbons (Fsp3) is 0.871. The SMILES string of the molecule is CC(C)[C@@H]1CC[C@@](C)([C@]23[C@@H](O)C[C@@]4(C)[C@@H](CC[C@]4(O)C(=O)CO)[C@@H]2CCC2=CC(=O)CC[C@@]23C)C[C@H]1O. The third kappa shape index (κ3) is 3.31. The van der Waals surface area contributed by atoms with Crippen LogP contribution in [0.3, 0.4) is 0 Å². The number of aliphatic hydroxyl groups excluding tert-OH is 3. The van der Waals surface area contributed by atoms with Crippen LogP contribution >= 0.6 is 0 Å². The quantitative estimate of drug-likeness (QED) is 0.449. The summed E-state index contributed by atoms with van der Waals surface area (Å²) in [7, 11) is 0. The molecule has 4 N–H and O–H groups in total. The number of carbonyl (C=O) groups excluding carboxylic acids is 2. The number of allylic oxidation sites excluding steroid dienone is 1. The Kier molecular flexibility index (Phi) is 6.47. The molecule has 0 heterocycles. The average molecular weight is 517 g/mol. The van der Waals surface area contributed by atoms with Gasteiger partial charge in [0.05, 0.1) is 12.2 Å². The fourth-order valence-corrected chi connectivity index (χ4v) is 11.3. The lowest BCUT2D eigenvalue weighted by Crippen LogP contribution is -2.72. The molecule has 0 saturated heterocycles. The molecule has 0 aromatic carbocycles. The van der Waals surface area contributed by atoms with Gasteiger partial charge in [-0.1, -0.05) is 40.2 Å². The van der Waals surface area contributed by atoms with Crippen molar-refractivity contribution in [2.75, 3.05) is 6.61 Å². The fourth-order valence-electron chi connectivity index (χ4n) is 11.3. The standard InChI is InChI=1S/C31H48O6/c1-18(2)21-9-11-27(3,15-24(21)34)31-23(7-6-19-14-20(33)8-12-28(19,31)4)22-10-13-30(37,26(36)17-32)29(22,5)16-25(31)35/h14,18,21-25,32,34-35,37H,6-13,15-17H2,1-5H3/t21-,22-,23-,24+,25-,27+,28-,29-,30-,31+/m0/s1. The second-order valence-corrected chi connectivity index (χ2v) is 14.5. The van der Waals surface area contributed by atoms with E-state index >= 15 is 0 Å². The van der Waals surface area contributed by atoms with Gasteiger partial charge in [-0.2, -0.15) is 0 Å². The summed E-state index contributed by atoms with van der Waals surface area (Å²) in [5, 5.41) is 45.5. The number of hydrogen-bond acceptors (Lipinski definition) is 6. The van der Waals surface area contributed by atoms with E-state index in [1.807, 2.05) is 13.0 Å². The first-order valence-corrected chi connectivity index (χ1v) is 14.7. The molecule has 0 aromatic rings. The highest BCUT2D eigenvalue weighted by Crippen LogP contribution is 2.78. The van der Waals surface area contributed by atoms with E-state index in [-0.39, 0.29) is 35.4 Å². The summed E-state index contributed by atoms with van der Waals surface area (Å²) >= 11 is 0. The molecular weight excluding hydrogens is 468 g/mol. The molecule has 0 amide bonds. The number of hydrogen-bond donors (Lipinski definition) is 4. The molecule has 6 heteroatoms. The third-order valence-electron chi connectivity index (χ3n) is 13.0. The Morgan fingerprint density at radius 3 is 2.32 bits per heavy atom. The Bertz CT molecular complexity index is 1000. The monoisotopic (exact) mass is 516 g/mol. The number of rotatable bonds is 4. The molecule has 6 nitrogen and oxygen atoms in total. The van der Waals surface area contributed by atoms with Crippen molar-refractivity contribution >= 4 is 11.6 Å². The highest BCUT2D eigenvalue weighted by molar-refractivity contribution is 5.92. The predicted octanol–water partition coefficient (Wildman–Crippen LogP) is 3.98. The smallest absolute Gasteiger partial charge is 0.190 e. The summed E-state index contributed by atoms with van der Waals surface area (Å²) in [5.74, 6) is 0.295. The number of Topliss-reactive ketones (excluding diaryl/α,β-unsaturated/α-hetero) is 1. The summed E-state index contributed by atoms with van der Waals surface area (Å²) in [6, 6.07) is 0. The maximum Gasteiger partial charge on any atom is 0.190 e. The van der Waals surface area contributed by atoms with Crippen LogP contribution in [-0.2, 0) is 9.59 Å². The Hall–Kier alpha value is -1.08. The molecule has 0 radical (unpaired) electrons. The van der Waals surface area contributed by atoms with E-state index in [1.54, 1.807) is 0 Å². The zero-order valence-corrected chi connectivity index (χ0v) is 23.4. The number of carbonyl (C=O) groups is 2. The van der Waals surface area contributed by atoms with Crippen LogP contribution in [-0.4, -0.2) is 56.4 Å². The van der Waals surface area contributed by atoms with Crippen molar-refractivity contribution in [1.29, 1.82) is 0 Å². The lowest BCUT2D eigenvalue weighted by Gasteiger charge is -2.73. The van der Waals surface area contributed by atoms with Crippen molar-refractivity contribution in [2.24, 2.45) is 45.3 Å². The summed E-state index contributed by atoms with van der Waals surface area (Å²) in [4.78, 5) is 25.5. The van der Waals surface area contributed by atoms with Gasteiger partial charge in [-0.3, -0.25) is 9.59 Å².